The molecule has 0 bridgehead atoms. The van der Waals surface area contributed by atoms with Crippen molar-refractivity contribution in [3.05, 3.63) is 136 Å². The Hall–Kier alpha value is -10.2. The monoisotopic (exact) mass is 1710 g/mol. The van der Waals surface area contributed by atoms with Crippen molar-refractivity contribution in [2.45, 2.75) is 94.3 Å². The number of benzene rings is 5. The number of alkyl halides is 2. The summed E-state index contributed by atoms with van der Waals surface area (Å²) in [6.45, 7) is 7.22. The number of anilines is 3. The molecule has 4 aliphatic heterocycles. The van der Waals surface area contributed by atoms with Crippen LogP contribution in [0.1, 0.15) is 81.0 Å². The minimum Gasteiger partial charge on any atom is -0.479 e. The zero-order valence-electron chi connectivity index (χ0n) is 66.0. The summed E-state index contributed by atoms with van der Waals surface area (Å²) < 4.78 is 56.2. The molecular weight excluding hydrogens is 1620 g/mol. The van der Waals surface area contributed by atoms with Crippen molar-refractivity contribution in [1.29, 1.82) is 0 Å². The molecule has 1 aromatic heterocycles. The number of nitrogens with zero attached hydrogens (tertiary/aromatic N) is 5. The van der Waals surface area contributed by atoms with Gasteiger partial charge in [-0.3, -0.25) is 38.5 Å². The molecule has 0 radical (unpaired) electrons. The third-order valence-corrected chi connectivity index (χ3v) is 21.7. The number of carboxylic acids is 1. The van der Waals surface area contributed by atoms with Crippen molar-refractivity contribution in [1.82, 2.24) is 30.7 Å². The van der Waals surface area contributed by atoms with Crippen LogP contribution in [0.3, 0.4) is 0 Å². The van der Waals surface area contributed by atoms with E-state index in [0.29, 0.717) is 103 Å². The Balaban J connectivity index is 0.655. The lowest BCUT2D eigenvalue weighted by Gasteiger charge is -2.38. The predicted molar refractivity (Wildman–Crippen MR) is 435 cm³/mol. The van der Waals surface area contributed by atoms with E-state index < -0.39 is 102 Å². The van der Waals surface area contributed by atoms with Crippen LogP contribution in [0.15, 0.2) is 109 Å². The number of hydrogen-bond donors (Lipinski definition) is 9. The Bertz CT molecular complexity index is 4600. The average molecular weight is 1710 g/mol. The highest BCUT2D eigenvalue weighted by molar-refractivity contribution is 7.16. The van der Waals surface area contributed by atoms with Crippen LogP contribution < -0.4 is 46.3 Å². The number of urea groups is 1. The van der Waals surface area contributed by atoms with Gasteiger partial charge in [-0.25, -0.2) is 19.2 Å². The van der Waals surface area contributed by atoms with Crippen molar-refractivity contribution in [2.24, 2.45) is 11.7 Å². The van der Waals surface area contributed by atoms with E-state index in [2.05, 4.69) is 21.3 Å². The van der Waals surface area contributed by atoms with Gasteiger partial charge in [0.15, 0.2) is 6.10 Å². The Morgan fingerprint density at radius 2 is 1.11 bits per heavy atom. The number of fused-ring (bicyclic) bond motifs is 6. The van der Waals surface area contributed by atoms with Gasteiger partial charge in [-0.05, 0) is 70.5 Å². The Morgan fingerprint density at radius 1 is 0.613 bits per heavy atom. The molecule has 642 valence electrons. The number of carbonyl (C=O) groups is 11. The van der Waals surface area contributed by atoms with Crippen LogP contribution in [-0.2, 0) is 73.3 Å². The number of aliphatic hydroxyl groups excluding tert-OH is 3. The zero-order valence-corrected chi connectivity index (χ0v) is 68.3. The fourth-order valence-electron chi connectivity index (χ4n) is 13.6. The molecular formula is C81H98Cl2N10O25S. The fourth-order valence-corrected chi connectivity index (χ4v) is 15.0. The first-order chi connectivity index (χ1) is 57.3. The second-order valence-corrected chi connectivity index (χ2v) is 30.3. The number of aliphatic hydroxyl groups is 3. The molecule has 0 spiro atoms. The smallest absolute Gasteiger partial charge is 0.415 e. The van der Waals surface area contributed by atoms with Gasteiger partial charge in [0, 0.05) is 118 Å². The number of amides is 11. The summed E-state index contributed by atoms with van der Waals surface area (Å²) in [6, 6.07) is 23.9. The van der Waals surface area contributed by atoms with E-state index in [1.54, 1.807) is 92.7 Å². The second kappa shape index (κ2) is 44.2. The lowest BCUT2D eigenvalue weighted by Crippen LogP contribution is -2.61. The highest BCUT2D eigenvalue weighted by Crippen LogP contribution is 2.49. The number of imide groups is 1. The normalized spacial score (nSPS) is 18.5. The van der Waals surface area contributed by atoms with Gasteiger partial charge >= 0.3 is 24.2 Å². The molecule has 2 unspecified atom stereocenters. The topological polar surface area (TPSA) is 451 Å². The number of aliphatic carboxylic acids is 1. The maximum absolute atomic E-state index is 14.9. The minimum atomic E-state index is -1.96. The molecule has 119 heavy (non-hydrogen) atoms. The highest BCUT2D eigenvalue weighted by Gasteiger charge is 2.49. The van der Waals surface area contributed by atoms with E-state index in [1.165, 1.54) is 51.9 Å². The van der Waals surface area contributed by atoms with Gasteiger partial charge in [-0.2, -0.15) is 0 Å². The van der Waals surface area contributed by atoms with Gasteiger partial charge < -0.3 is 114 Å². The van der Waals surface area contributed by atoms with E-state index in [-0.39, 0.29) is 148 Å². The van der Waals surface area contributed by atoms with E-state index in [4.69, 9.17) is 76.3 Å². The summed E-state index contributed by atoms with van der Waals surface area (Å²) in [5, 5.41) is 54.7. The summed E-state index contributed by atoms with van der Waals surface area (Å²) in [6.07, 6.45) is -8.26. The molecule has 35 nitrogen and oxygen atoms in total. The van der Waals surface area contributed by atoms with E-state index in [1.807, 2.05) is 12.1 Å². The zero-order chi connectivity index (χ0) is 85.4. The molecule has 38 heteroatoms. The molecule has 11 amide bonds. The molecule has 1 fully saturated rings. The van der Waals surface area contributed by atoms with E-state index in [0.717, 1.165) is 21.8 Å². The van der Waals surface area contributed by atoms with Crippen LogP contribution in [-0.4, -0.2) is 288 Å². The molecule has 6 aromatic rings. The van der Waals surface area contributed by atoms with Crippen molar-refractivity contribution in [3.8, 4) is 11.5 Å². The Morgan fingerprint density at radius 3 is 1.62 bits per heavy atom. The Labute approximate surface area is 699 Å². The number of hydrogen-bond acceptors (Lipinski definition) is 25. The summed E-state index contributed by atoms with van der Waals surface area (Å²) in [7, 11) is 2.98. The standard InChI is InChI=1S/C81H98Cl2N10O25S/c1-47(2)68(88-63(94)23-28-109-30-32-111-34-36-113-38-39-114-37-35-112-33-31-110-29-27-91-64(95)21-22-65(91)96)74(101)87-56(14-9-24-85-79(84)106)73(100)86-51-17-15-48(16-18-51)46-115-80(107)89(3)25-26-90(4)81(108)117-60-41-58-67(55-13-8-6-11-53(55)60)50(43-83)45-93(58)76(103)62-20-19-61(119-62)75(102)92-44-49(42-82)66-54-12-7-5-10-52(54)59(40-57(66)92)116-78-71(99)69(97)70(98)72(118-78)77(104)105/h5-8,10-13,15-22,40-41,47,49-50,56,68-72,78,97-99H,9,14,23-39,42-46H2,1-4H3,(H,86,100)(H,87,101)(H,88,94)(H,104,105)(H3,84,85,106)/t49-,50-,56+,68+,69?,70+,71+,72?,78-/m1/s1. The molecule has 0 saturated carbocycles. The minimum absolute atomic E-state index is 0.00740. The molecule has 1 saturated heterocycles. The second-order valence-electron chi connectivity index (χ2n) is 28.6. The third-order valence-electron chi connectivity index (χ3n) is 19.9. The third kappa shape index (κ3) is 24.1. The molecule has 0 aliphatic carbocycles. The quantitative estimate of drug-likeness (QED) is 0.0131. The van der Waals surface area contributed by atoms with Crippen LogP contribution >= 0.6 is 34.5 Å². The van der Waals surface area contributed by atoms with Crippen LogP contribution in [0, 0.1) is 5.92 Å². The van der Waals surface area contributed by atoms with Crippen molar-refractivity contribution in [2.75, 3.05) is 160 Å². The van der Waals surface area contributed by atoms with Crippen molar-refractivity contribution >= 4 is 139 Å². The van der Waals surface area contributed by atoms with Crippen LogP contribution in [0.2, 0.25) is 0 Å². The number of nitrogens with two attached hydrogens (primary N) is 1. The summed E-state index contributed by atoms with van der Waals surface area (Å²) in [5.74, 6) is -5.63. The number of carbonyl (C=O) groups excluding carboxylic acids is 10. The summed E-state index contributed by atoms with van der Waals surface area (Å²) in [5.41, 5.74) is 8.42. The van der Waals surface area contributed by atoms with Crippen LogP contribution in [0.4, 0.5) is 31.4 Å². The molecule has 9 atom stereocenters. The molecule has 5 aromatic carbocycles. The number of rotatable bonds is 44. The van der Waals surface area contributed by atoms with Crippen LogP contribution in [0.5, 0.6) is 11.5 Å². The molecule has 10 N–H and O–H groups in total. The first kappa shape index (κ1) is 91.1. The van der Waals surface area contributed by atoms with Crippen molar-refractivity contribution in [3.63, 3.8) is 0 Å². The lowest BCUT2D eigenvalue weighted by atomic mass is 9.95. The van der Waals surface area contributed by atoms with Gasteiger partial charge in [-0.15, -0.1) is 34.5 Å². The number of primary amides is 1. The van der Waals surface area contributed by atoms with E-state index >= 15 is 0 Å². The van der Waals surface area contributed by atoms with Gasteiger partial charge in [0.25, 0.3) is 23.6 Å². The molecule has 4 aliphatic rings. The number of likely N-dealkylation sites (N-methyl/N-ethyl adjacent to an activating group) is 2. The van der Waals surface area contributed by atoms with E-state index in [9.17, 15) is 73.2 Å². The van der Waals surface area contributed by atoms with Gasteiger partial charge in [0.1, 0.15) is 48.5 Å². The van der Waals surface area contributed by atoms with Gasteiger partial charge in [0.2, 0.25) is 24.0 Å². The molecule has 10 rings (SSSR count). The summed E-state index contributed by atoms with van der Waals surface area (Å²) >= 11 is 14.2. The predicted octanol–water partition coefficient (Wildman–Crippen LogP) is 5.42. The van der Waals surface area contributed by atoms with Crippen LogP contribution in [0.25, 0.3) is 21.5 Å². The number of nitrogens with one attached hydrogen (secondary N) is 4. The highest BCUT2D eigenvalue weighted by atomic mass is 35.5. The number of halogens is 2. The lowest BCUT2D eigenvalue weighted by molar-refractivity contribution is -0.270. The first-order valence-corrected chi connectivity index (χ1v) is 40.5. The average Bonchev–Trinajstić information content (AvgIpc) is 1.61. The van der Waals surface area contributed by atoms with Gasteiger partial charge in [0.05, 0.1) is 107 Å². The Kier molecular flexibility index (Phi) is 33.8. The molecule has 5 heterocycles. The fraction of sp³-hybridized carbons (Fsp3) is 0.469. The summed E-state index contributed by atoms with van der Waals surface area (Å²) in [4.78, 5) is 151. The number of thiophene rings is 1. The van der Waals surface area contributed by atoms with Gasteiger partial charge in [-0.1, -0.05) is 74.5 Å². The number of carboxylic acid groups (broad SMARTS) is 1. The van der Waals surface area contributed by atoms with Crippen molar-refractivity contribution < 1.29 is 121 Å². The number of ether oxygens (including phenoxy) is 10. The first-order valence-electron chi connectivity index (χ1n) is 38.7. The maximum atomic E-state index is 14.9. The SMILES string of the molecule is CC(C)[C@H](NC(=O)CCOCCOCCOCCOCCOCCOCCN1C(=O)C=CC1=O)C(=O)N[C@@H](CCCNC(N)=O)C(=O)Nc1ccc(COC(=O)N(C)CCN(C)C(=O)Oc2cc3c(c4ccccc24)[C@H](CCl)CN3C(=O)c2ccc(C(=O)N3C[C@@H](CCl)c4c3cc(O[C@@H]3OC(C(=O)O)[C@@H](O)C(O)[C@@H]3O)c3ccccc43)s2)cc1. The largest absolute Gasteiger partial charge is 0.479 e. The maximum Gasteiger partial charge on any atom is 0.415 e.